The molecule has 0 spiro atoms. The van der Waals surface area contributed by atoms with E-state index in [1.54, 1.807) is 24.4 Å². The second kappa shape index (κ2) is 9.66. The van der Waals surface area contributed by atoms with E-state index in [0.717, 1.165) is 22.4 Å². The highest BCUT2D eigenvalue weighted by molar-refractivity contribution is 6.33. The van der Waals surface area contributed by atoms with Crippen molar-refractivity contribution in [3.63, 3.8) is 0 Å². The second-order valence-corrected chi connectivity index (χ2v) is 9.24. The molecule has 1 aliphatic heterocycles. The lowest BCUT2D eigenvalue weighted by Gasteiger charge is -2.18. The molecule has 0 N–H and O–H groups in total. The van der Waals surface area contributed by atoms with Gasteiger partial charge in [0.1, 0.15) is 5.75 Å². The van der Waals surface area contributed by atoms with Crippen molar-refractivity contribution in [3.05, 3.63) is 80.6 Å². The minimum absolute atomic E-state index is 0.139. The summed E-state index contributed by atoms with van der Waals surface area (Å²) in [5, 5.41) is 5.48. The van der Waals surface area contributed by atoms with Gasteiger partial charge in [0.05, 0.1) is 28.7 Å². The van der Waals surface area contributed by atoms with E-state index in [1.807, 2.05) is 44.2 Å². The molecule has 7 nitrogen and oxygen atoms in total. The van der Waals surface area contributed by atoms with Gasteiger partial charge in [0.2, 0.25) is 6.79 Å². The summed E-state index contributed by atoms with van der Waals surface area (Å²) in [7, 11) is 0. The minimum atomic E-state index is -0.275. The van der Waals surface area contributed by atoms with Gasteiger partial charge in [0.15, 0.2) is 17.3 Å². The molecular weight excluding hydrogens is 478 g/mol. The molecule has 184 valence electrons. The van der Waals surface area contributed by atoms with Crippen molar-refractivity contribution < 1.29 is 14.2 Å². The van der Waals surface area contributed by atoms with Crippen molar-refractivity contribution >= 4 is 28.7 Å². The van der Waals surface area contributed by atoms with E-state index in [-0.39, 0.29) is 18.3 Å². The SMILES string of the molecule is CCOc1cc(C)c(-c2nc3ccccc3c(=O)n2N=Cc2cc3c(cc2Cl)OCO3)cc1C(C)C. The summed E-state index contributed by atoms with van der Waals surface area (Å²) in [6, 6.07) is 14.7. The zero-order valence-corrected chi connectivity index (χ0v) is 21.3. The maximum Gasteiger partial charge on any atom is 0.282 e. The van der Waals surface area contributed by atoms with Gasteiger partial charge in [-0.25, -0.2) is 4.98 Å². The molecule has 0 unspecified atom stereocenters. The first kappa shape index (κ1) is 23.9. The van der Waals surface area contributed by atoms with Crippen LogP contribution in [0.2, 0.25) is 5.02 Å². The van der Waals surface area contributed by atoms with E-state index in [2.05, 4.69) is 18.9 Å². The van der Waals surface area contributed by atoms with Crippen molar-refractivity contribution in [1.29, 1.82) is 0 Å². The second-order valence-electron chi connectivity index (χ2n) is 8.83. The van der Waals surface area contributed by atoms with Crippen LogP contribution in [-0.4, -0.2) is 29.3 Å². The smallest absolute Gasteiger partial charge is 0.282 e. The third kappa shape index (κ3) is 4.31. The molecule has 0 amide bonds. The van der Waals surface area contributed by atoms with Crippen LogP contribution in [0.4, 0.5) is 0 Å². The van der Waals surface area contributed by atoms with Crippen LogP contribution in [0.25, 0.3) is 22.3 Å². The number of aryl methyl sites for hydroxylation is 1. The Bertz CT molecular complexity index is 1560. The lowest BCUT2D eigenvalue weighted by Crippen LogP contribution is -2.21. The topological polar surface area (TPSA) is 74.9 Å². The summed E-state index contributed by atoms with van der Waals surface area (Å²) < 4.78 is 18.1. The molecule has 0 atom stereocenters. The first-order chi connectivity index (χ1) is 17.4. The summed E-state index contributed by atoms with van der Waals surface area (Å²) in [6.07, 6.45) is 1.54. The van der Waals surface area contributed by atoms with Gasteiger partial charge in [0.25, 0.3) is 5.56 Å². The number of hydrogen-bond donors (Lipinski definition) is 0. The van der Waals surface area contributed by atoms with Crippen molar-refractivity contribution in [2.75, 3.05) is 13.4 Å². The first-order valence-electron chi connectivity index (χ1n) is 11.8. The zero-order valence-electron chi connectivity index (χ0n) is 20.5. The van der Waals surface area contributed by atoms with Gasteiger partial charge in [-0.3, -0.25) is 4.79 Å². The Morgan fingerprint density at radius 3 is 2.67 bits per heavy atom. The quantitative estimate of drug-likeness (QED) is 0.295. The van der Waals surface area contributed by atoms with Gasteiger partial charge in [0, 0.05) is 17.2 Å². The van der Waals surface area contributed by atoms with E-state index in [9.17, 15) is 4.79 Å². The molecule has 4 aromatic rings. The van der Waals surface area contributed by atoms with Crippen LogP contribution < -0.4 is 19.8 Å². The predicted octanol–water partition coefficient (Wildman–Crippen LogP) is 6.16. The third-order valence-electron chi connectivity index (χ3n) is 6.08. The van der Waals surface area contributed by atoms with Gasteiger partial charge >= 0.3 is 0 Å². The number of hydrogen-bond acceptors (Lipinski definition) is 6. The lowest BCUT2D eigenvalue weighted by molar-refractivity contribution is 0.174. The maximum atomic E-state index is 13.6. The average Bonchev–Trinajstić information content (AvgIpc) is 3.30. The predicted molar refractivity (Wildman–Crippen MR) is 142 cm³/mol. The molecular formula is C28H26ClN3O4. The van der Waals surface area contributed by atoms with Gasteiger partial charge < -0.3 is 14.2 Å². The number of nitrogens with zero attached hydrogens (tertiary/aromatic N) is 3. The zero-order chi connectivity index (χ0) is 25.4. The van der Waals surface area contributed by atoms with Crippen LogP contribution in [0, 0.1) is 6.92 Å². The molecule has 8 heteroatoms. The molecule has 0 fully saturated rings. The Labute approximate surface area is 213 Å². The molecule has 0 saturated carbocycles. The highest BCUT2D eigenvalue weighted by Gasteiger charge is 2.19. The summed E-state index contributed by atoms with van der Waals surface area (Å²) in [4.78, 5) is 18.5. The molecule has 1 aromatic heterocycles. The molecule has 36 heavy (non-hydrogen) atoms. The number of fused-ring (bicyclic) bond motifs is 2. The molecule has 2 heterocycles. The fourth-order valence-electron chi connectivity index (χ4n) is 4.23. The Balaban J connectivity index is 1.72. The Morgan fingerprint density at radius 2 is 1.92 bits per heavy atom. The number of para-hydroxylation sites is 1. The Morgan fingerprint density at radius 1 is 1.17 bits per heavy atom. The molecule has 3 aromatic carbocycles. The van der Waals surface area contributed by atoms with Crippen LogP contribution in [0.5, 0.6) is 17.2 Å². The number of ether oxygens (including phenoxy) is 3. The van der Waals surface area contributed by atoms with E-state index in [4.69, 9.17) is 30.8 Å². The number of benzene rings is 3. The van der Waals surface area contributed by atoms with Crippen LogP contribution >= 0.6 is 11.6 Å². The Hall–Kier alpha value is -3.84. The van der Waals surface area contributed by atoms with Crippen molar-refractivity contribution in [2.24, 2.45) is 5.10 Å². The highest BCUT2D eigenvalue weighted by atomic mass is 35.5. The number of aromatic nitrogens is 2. The number of halogens is 1. The van der Waals surface area contributed by atoms with Crippen LogP contribution in [0.3, 0.4) is 0 Å². The van der Waals surface area contributed by atoms with Crippen molar-refractivity contribution in [2.45, 2.75) is 33.6 Å². The minimum Gasteiger partial charge on any atom is -0.494 e. The van der Waals surface area contributed by atoms with Crippen molar-refractivity contribution in [3.8, 4) is 28.6 Å². The lowest BCUT2D eigenvalue weighted by atomic mass is 9.96. The van der Waals surface area contributed by atoms with Crippen LogP contribution in [0.1, 0.15) is 43.4 Å². The molecule has 0 radical (unpaired) electrons. The van der Waals surface area contributed by atoms with Gasteiger partial charge in [-0.05, 0) is 61.2 Å². The van der Waals surface area contributed by atoms with E-state index in [0.29, 0.717) is 45.4 Å². The fraction of sp³-hybridized carbons (Fsp3) is 0.250. The van der Waals surface area contributed by atoms with Crippen molar-refractivity contribution in [1.82, 2.24) is 9.66 Å². The largest absolute Gasteiger partial charge is 0.494 e. The van der Waals surface area contributed by atoms with Gasteiger partial charge in [-0.15, -0.1) is 0 Å². The normalized spacial score (nSPS) is 12.7. The monoisotopic (exact) mass is 503 g/mol. The fourth-order valence-corrected chi connectivity index (χ4v) is 4.43. The molecule has 0 bridgehead atoms. The summed E-state index contributed by atoms with van der Waals surface area (Å²) >= 11 is 6.45. The van der Waals surface area contributed by atoms with Gasteiger partial charge in [-0.1, -0.05) is 37.6 Å². The summed E-state index contributed by atoms with van der Waals surface area (Å²) in [5.74, 6) is 2.64. The molecule has 0 saturated heterocycles. The molecule has 0 aliphatic carbocycles. The summed E-state index contributed by atoms with van der Waals surface area (Å²) in [5.41, 5.74) is 3.69. The van der Waals surface area contributed by atoms with E-state index >= 15 is 0 Å². The first-order valence-corrected chi connectivity index (χ1v) is 12.2. The van der Waals surface area contributed by atoms with Crippen LogP contribution in [-0.2, 0) is 0 Å². The summed E-state index contributed by atoms with van der Waals surface area (Å²) in [6.45, 7) is 8.87. The third-order valence-corrected chi connectivity index (χ3v) is 6.40. The van der Waals surface area contributed by atoms with E-state index < -0.39 is 0 Å². The maximum absolute atomic E-state index is 13.6. The van der Waals surface area contributed by atoms with Crippen LogP contribution in [0.15, 0.2) is 58.4 Å². The highest BCUT2D eigenvalue weighted by Crippen LogP contribution is 2.37. The standard InChI is InChI=1S/C28H26ClN3O4/c1-5-34-24-10-17(4)21(12-20(24)16(2)3)27-31-23-9-7-6-8-19(23)28(33)32(27)30-14-18-11-25-26(13-22(18)29)36-15-35-25/h6-14,16H,5,15H2,1-4H3. The molecule has 5 rings (SSSR count). The van der Waals surface area contributed by atoms with Gasteiger partial charge in [-0.2, -0.15) is 9.78 Å². The number of rotatable bonds is 6. The molecule has 1 aliphatic rings. The Kier molecular flexibility index (Phi) is 6.41. The average molecular weight is 504 g/mol. The van der Waals surface area contributed by atoms with E-state index in [1.165, 1.54) is 4.68 Å².